The zero-order valence-electron chi connectivity index (χ0n) is 12.1. The van der Waals surface area contributed by atoms with Gasteiger partial charge in [-0.15, -0.1) is 0 Å². The second kappa shape index (κ2) is 6.95. The number of urea groups is 1. The average Bonchev–Trinajstić information content (AvgIpc) is 2.50. The highest BCUT2D eigenvalue weighted by Gasteiger charge is 2.13. The minimum atomic E-state index is -0.519. The summed E-state index contributed by atoms with van der Waals surface area (Å²) in [6.07, 6.45) is 0. The molecule has 0 spiro atoms. The summed E-state index contributed by atoms with van der Waals surface area (Å²) in [5.74, 6) is -0.519. The lowest BCUT2D eigenvalue weighted by molar-refractivity contribution is 0.0602. The van der Waals surface area contributed by atoms with Crippen molar-refractivity contribution in [2.24, 2.45) is 0 Å². The molecule has 0 aliphatic carbocycles. The van der Waals surface area contributed by atoms with Gasteiger partial charge in [-0.25, -0.2) is 9.59 Å². The van der Waals surface area contributed by atoms with E-state index in [9.17, 15) is 9.59 Å². The summed E-state index contributed by atoms with van der Waals surface area (Å²) in [7, 11) is 1.29. The van der Waals surface area contributed by atoms with E-state index in [0.29, 0.717) is 16.4 Å². The van der Waals surface area contributed by atoms with Crippen LogP contribution in [0.1, 0.15) is 15.9 Å². The lowest BCUT2D eigenvalue weighted by Gasteiger charge is -2.11. The van der Waals surface area contributed by atoms with E-state index in [1.54, 1.807) is 42.5 Å². The van der Waals surface area contributed by atoms with Crippen LogP contribution in [0, 0.1) is 6.92 Å². The van der Waals surface area contributed by atoms with Gasteiger partial charge in [0.05, 0.1) is 18.4 Å². The van der Waals surface area contributed by atoms with E-state index in [1.807, 2.05) is 6.92 Å². The minimum absolute atomic E-state index is 0.280. The smallest absolute Gasteiger partial charge is 0.339 e. The molecule has 114 valence electrons. The number of esters is 1. The summed E-state index contributed by atoms with van der Waals surface area (Å²) in [6.45, 7) is 1.87. The molecule has 2 N–H and O–H groups in total. The predicted octanol–water partition coefficient (Wildman–Crippen LogP) is 4.08. The number of amides is 2. The first-order chi connectivity index (χ1) is 10.5. The van der Waals surface area contributed by atoms with Gasteiger partial charge in [0.1, 0.15) is 0 Å². The fraction of sp³-hybridized carbons (Fsp3) is 0.125. The van der Waals surface area contributed by atoms with Gasteiger partial charge in [-0.2, -0.15) is 0 Å². The van der Waals surface area contributed by atoms with E-state index in [4.69, 9.17) is 11.6 Å². The second-order valence-electron chi connectivity index (χ2n) is 4.58. The summed E-state index contributed by atoms with van der Waals surface area (Å²) >= 11 is 6.01. The highest BCUT2D eigenvalue weighted by atomic mass is 35.5. The zero-order valence-corrected chi connectivity index (χ0v) is 12.9. The third-order valence-corrected chi connectivity index (χ3v) is 3.42. The fourth-order valence-corrected chi connectivity index (χ4v) is 2.02. The number of rotatable bonds is 3. The molecule has 0 heterocycles. The summed E-state index contributed by atoms with van der Waals surface area (Å²) in [4.78, 5) is 23.7. The molecule has 2 aromatic carbocycles. The van der Waals surface area contributed by atoms with E-state index in [1.165, 1.54) is 7.11 Å². The molecule has 0 unspecified atom stereocenters. The molecule has 0 fully saturated rings. The van der Waals surface area contributed by atoms with Crippen LogP contribution in [0.15, 0.2) is 42.5 Å². The van der Waals surface area contributed by atoms with Crippen LogP contribution in [-0.4, -0.2) is 19.1 Å². The molecule has 0 atom stereocenters. The summed E-state index contributed by atoms with van der Waals surface area (Å²) in [5.41, 5.74) is 2.12. The van der Waals surface area contributed by atoms with Crippen molar-refractivity contribution in [1.29, 1.82) is 0 Å². The van der Waals surface area contributed by atoms with Crippen molar-refractivity contribution >= 4 is 35.0 Å². The van der Waals surface area contributed by atoms with Crippen molar-refractivity contribution in [3.63, 3.8) is 0 Å². The quantitative estimate of drug-likeness (QED) is 0.838. The molecule has 2 aromatic rings. The maximum Gasteiger partial charge on any atom is 0.339 e. The Balaban J connectivity index is 2.12. The Kier molecular flexibility index (Phi) is 5.01. The van der Waals surface area contributed by atoms with E-state index >= 15 is 0 Å². The van der Waals surface area contributed by atoms with E-state index < -0.39 is 12.0 Å². The Morgan fingerprint density at radius 3 is 2.50 bits per heavy atom. The van der Waals surface area contributed by atoms with Crippen molar-refractivity contribution in [3.8, 4) is 0 Å². The van der Waals surface area contributed by atoms with Crippen LogP contribution >= 0.6 is 11.6 Å². The molecule has 0 radical (unpaired) electrons. The van der Waals surface area contributed by atoms with Gasteiger partial charge in [0.2, 0.25) is 0 Å². The van der Waals surface area contributed by atoms with Crippen LogP contribution in [0.5, 0.6) is 0 Å². The molecule has 0 saturated heterocycles. The third kappa shape index (κ3) is 3.77. The number of aryl methyl sites for hydroxylation is 1. The first-order valence-electron chi connectivity index (χ1n) is 6.52. The Hall–Kier alpha value is -2.53. The number of anilines is 2. The Bertz CT molecular complexity index is 716. The summed E-state index contributed by atoms with van der Waals surface area (Å²) in [5, 5.41) is 5.83. The minimum Gasteiger partial charge on any atom is -0.465 e. The fourth-order valence-electron chi connectivity index (χ4n) is 1.84. The molecule has 2 amide bonds. The number of hydrogen-bond acceptors (Lipinski definition) is 3. The molecular formula is C16H15ClN2O3. The monoisotopic (exact) mass is 318 g/mol. The van der Waals surface area contributed by atoms with Gasteiger partial charge in [-0.05, 0) is 36.8 Å². The normalized spacial score (nSPS) is 9.95. The number of halogens is 1. The van der Waals surface area contributed by atoms with Gasteiger partial charge in [0.25, 0.3) is 0 Å². The van der Waals surface area contributed by atoms with Gasteiger partial charge in [-0.1, -0.05) is 29.8 Å². The van der Waals surface area contributed by atoms with Crippen molar-refractivity contribution in [2.75, 3.05) is 17.7 Å². The zero-order chi connectivity index (χ0) is 16.1. The lowest BCUT2D eigenvalue weighted by atomic mass is 10.2. The molecule has 0 aliphatic rings. The SMILES string of the molecule is COC(=O)c1ccccc1NC(=O)Nc1ccc(C)c(Cl)c1. The first kappa shape index (κ1) is 15.9. The van der Waals surface area contributed by atoms with Crippen LogP contribution in [0.2, 0.25) is 5.02 Å². The van der Waals surface area contributed by atoms with Crippen molar-refractivity contribution < 1.29 is 14.3 Å². The van der Waals surface area contributed by atoms with Gasteiger partial charge in [-0.3, -0.25) is 0 Å². The number of ether oxygens (including phenoxy) is 1. The Labute approximate surface area is 133 Å². The summed E-state index contributed by atoms with van der Waals surface area (Å²) < 4.78 is 4.68. The molecular weight excluding hydrogens is 304 g/mol. The molecule has 0 aliphatic heterocycles. The van der Waals surface area contributed by atoms with Crippen LogP contribution in [-0.2, 0) is 4.74 Å². The van der Waals surface area contributed by atoms with Crippen LogP contribution in [0.3, 0.4) is 0 Å². The van der Waals surface area contributed by atoms with Gasteiger partial charge in [0, 0.05) is 10.7 Å². The molecule has 0 bridgehead atoms. The second-order valence-corrected chi connectivity index (χ2v) is 4.99. The van der Waals surface area contributed by atoms with Crippen LogP contribution in [0.25, 0.3) is 0 Å². The number of benzene rings is 2. The predicted molar refractivity (Wildman–Crippen MR) is 86.6 cm³/mol. The largest absolute Gasteiger partial charge is 0.465 e. The van der Waals surface area contributed by atoms with Gasteiger partial charge in [0.15, 0.2) is 0 Å². The Morgan fingerprint density at radius 2 is 1.82 bits per heavy atom. The lowest BCUT2D eigenvalue weighted by Crippen LogP contribution is -2.21. The maximum absolute atomic E-state index is 12.0. The topological polar surface area (TPSA) is 67.4 Å². The van der Waals surface area contributed by atoms with Crippen LogP contribution in [0.4, 0.5) is 16.2 Å². The molecule has 22 heavy (non-hydrogen) atoms. The van der Waals surface area contributed by atoms with Gasteiger partial charge < -0.3 is 15.4 Å². The standard InChI is InChI=1S/C16H15ClN2O3/c1-10-7-8-11(9-13(10)17)18-16(21)19-14-6-4-3-5-12(14)15(20)22-2/h3-9H,1-2H3,(H2,18,19,21). The van der Waals surface area contributed by atoms with Crippen molar-refractivity contribution in [2.45, 2.75) is 6.92 Å². The number of methoxy groups -OCH3 is 1. The maximum atomic E-state index is 12.0. The molecule has 5 nitrogen and oxygen atoms in total. The van der Waals surface area contributed by atoms with E-state index in [2.05, 4.69) is 15.4 Å². The molecule has 2 rings (SSSR count). The number of hydrogen-bond donors (Lipinski definition) is 2. The number of carbonyl (C=O) groups excluding carboxylic acids is 2. The molecule has 0 aromatic heterocycles. The summed E-state index contributed by atoms with van der Waals surface area (Å²) in [6, 6.07) is 11.3. The highest BCUT2D eigenvalue weighted by molar-refractivity contribution is 6.31. The highest BCUT2D eigenvalue weighted by Crippen LogP contribution is 2.21. The molecule has 6 heteroatoms. The van der Waals surface area contributed by atoms with Crippen molar-refractivity contribution in [3.05, 3.63) is 58.6 Å². The molecule has 0 saturated carbocycles. The van der Waals surface area contributed by atoms with E-state index in [-0.39, 0.29) is 5.56 Å². The number of para-hydroxylation sites is 1. The number of nitrogens with one attached hydrogen (secondary N) is 2. The van der Waals surface area contributed by atoms with Crippen molar-refractivity contribution in [1.82, 2.24) is 0 Å². The van der Waals surface area contributed by atoms with Gasteiger partial charge >= 0.3 is 12.0 Å². The third-order valence-electron chi connectivity index (χ3n) is 3.01. The average molecular weight is 319 g/mol. The van der Waals surface area contributed by atoms with E-state index in [0.717, 1.165) is 5.56 Å². The Morgan fingerprint density at radius 1 is 1.09 bits per heavy atom. The number of carbonyl (C=O) groups is 2. The first-order valence-corrected chi connectivity index (χ1v) is 6.90. The van der Waals surface area contributed by atoms with Crippen LogP contribution < -0.4 is 10.6 Å².